The fourth-order valence-corrected chi connectivity index (χ4v) is 4.63. The maximum absolute atomic E-state index is 12.7. The molecule has 0 N–H and O–H groups in total. The first-order valence-electron chi connectivity index (χ1n) is 10.8. The minimum absolute atomic E-state index is 0.323. The molecule has 1 aromatic carbocycles. The fourth-order valence-electron chi connectivity index (χ4n) is 4.63. The predicted molar refractivity (Wildman–Crippen MR) is 111 cm³/mol. The number of hydrogen-bond donors (Lipinski definition) is 0. The molecule has 0 saturated carbocycles. The molecule has 2 aliphatic heterocycles. The van der Waals surface area contributed by atoms with Crippen LogP contribution in [0.15, 0.2) is 48.8 Å². The van der Waals surface area contributed by atoms with Crippen LogP contribution in [-0.2, 0) is 17.8 Å². The molecule has 0 aliphatic carbocycles. The highest BCUT2D eigenvalue weighted by atomic mass is 16.2. The van der Waals surface area contributed by atoms with Crippen molar-refractivity contribution in [1.82, 2.24) is 19.6 Å². The summed E-state index contributed by atoms with van der Waals surface area (Å²) in [6.45, 7) is 5.50. The zero-order valence-electron chi connectivity index (χ0n) is 16.7. The van der Waals surface area contributed by atoms with Gasteiger partial charge < -0.3 is 4.90 Å². The van der Waals surface area contributed by atoms with Crippen LogP contribution < -0.4 is 0 Å². The second-order valence-corrected chi connectivity index (χ2v) is 8.46. The molecular formula is C23H32N4O. The lowest BCUT2D eigenvalue weighted by Crippen LogP contribution is -2.46. The average Bonchev–Trinajstić information content (AvgIpc) is 3.24. The van der Waals surface area contributed by atoms with Gasteiger partial charge in [-0.05, 0) is 68.7 Å². The third-order valence-corrected chi connectivity index (χ3v) is 6.40. The van der Waals surface area contributed by atoms with Crippen LogP contribution in [-0.4, -0.2) is 58.2 Å². The van der Waals surface area contributed by atoms with E-state index in [0.717, 1.165) is 64.8 Å². The summed E-state index contributed by atoms with van der Waals surface area (Å²) in [5, 5.41) is 4.31. The number of benzene rings is 1. The molecule has 4 rings (SSSR count). The van der Waals surface area contributed by atoms with E-state index in [0.29, 0.717) is 24.3 Å². The molecular weight excluding hydrogens is 348 g/mol. The van der Waals surface area contributed by atoms with Gasteiger partial charge in [0, 0.05) is 32.0 Å². The monoisotopic (exact) mass is 380 g/mol. The number of piperidine rings is 2. The number of likely N-dealkylation sites (tertiary alicyclic amines) is 2. The van der Waals surface area contributed by atoms with Crippen molar-refractivity contribution >= 4 is 5.91 Å². The van der Waals surface area contributed by atoms with E-state index in [4.69, 9.17) is 0 Å². The molecule has 1 aromatic heterocycles. The van der Waals surface area contributed by atoms with Crippen molar-refractivity contribution in [2.75, 3.05) is 32.7 Å². The summed E-state index contributed by atoms with van der Waals surface area (Å²) in [4.78, 5) is 17.2. The largest absolute Gasteiger partial charge is 0.342 e. The molecule has 0 bridgehead atoms. The molecule has 150 valence electrons. The molecule has 0 unspecified atom stereocenters. The Balaban J connectivity index is 1.16. The smallest absolute Gasteiger partial charge is 0.236 e. The Bertz CT molecular complexity index is 714. The van der Waals surface area contributed by atoms with Gasteiger partial charge in [0.05, 0.1) is 6.54 Å². The summed E-state index contributed by atoms with van der Waals surface area (Å²) >= 11 is 0. The van der Waals surface area contributed by atoms with Crippen LogP contribution in [0.5, 0.6) is 0 Å². The third-order valence-electron chi connectivity index (χ3n) is 6.40. The minimum atomic E-state index is 0.323. The topological polar surface area (TPSA) is 41.4 Å². The number of carbonyl (C=O) groups excluding carboxylic acids is 1. The Morgan fingerprint density at radius 2 is 1.64 bits per heavy atom. The molecule has 2 aliphatic rings. The normalized spacial score (nSPS) is 19.8. The van der Waals surface area contributed by atoms with Gasteiger partial charge in [0.15, 0.2) is 0 Å². The number of aromatic nitrogens is 2. The number of carbonyl (C=O) groups is 1. The number of hydrogen-bond acceptors (Lipinski definition) is 3. The van der Waals surface area contributed by atoms with E-state index >= 15 is 0 Å². The summed E-state index contributed by atoms with van der Waals surface area (Å²) < 4.78 is 2.03. The Hall–Kier alpha value is -2.14. The second kappa shape index (κ2) is 9.37. The third kappa shape index (κ3) is 5.22. The van der Waals surface area contributed by atoms with E-state index in [1.54, 1.807) is 0 Å². The Morgan fingerprint density at radius 1 is 0.929 bits per heavy atom. The lowest BCUT2D eigenvalue weighted by molar-refractivity contribution is -0.134. The van der Waals surface area contributed by atoms with Crippen molar-refractivity contribution in [3.05, 3.63) is 54.4 Å². The Labute approximate surface area is 168 Å². The Morgan fingerprint density at radius 3 is 2.32 bits per heavy atom. The second-order valence-electron chi connectivity index (χ2n) is 8.46. The molecule has 2 fully saturated rings. The van der Waals surface area contributed by atoms with E-state index in [1.807, 2.05) is 23.1 Å². The van der Waals surface area contributed by atoms with Crippen LogP contribution in [0.4, 0.5) is 0 Å². The van der Waals surface area contributed by atoms with Crippen molar-refractivity contribution in [2.45, 2.75) is 38.6 Å². The van der Waals surface area contributed by atoms with Crippen molar-refractivity contribution in [2.24, 2.45) is 11.8 Å². The minimum Gasteiger partial charge on any atom is -0.342 e. The summed E-state index contributed by atoms with van der Waals surface area (Å²) in [5.74, 6) is 1.72. The molecule has 0 spiro atoms. The van der Waals surface area contributed by atoms with Crippen LogP contribution in [0.2, 0.25) is 0 Å². The molecule has 28 heavy (non-hydrogen) atoms. The van der Waals surface area contributed by atoms with Gasteiger partial charge in [0.25, 0.3) is 0 Å². The summed E-state index contributed by atoms with van der Waals surface area (Å²) in [6.07, 6.45) is 9.61. The molecule has 5 nitrogen and oxygen atoms in total. The van der Waals surface area contributed by atoms with Crippen LogP contribution in [0.3, 0.4) is 0 Å². The van der Waals surface area contributed by atoms with Crippen molar-refractivity contribution in [3.8, 4) is 0 Å². The molecule has 3 heterocycles. The van der Waals surface area contributed by atoms with Crippen molar-refractivity contribution in [3.63, 3.8) is 0 Å². The molecule has 1 amide bonds. The van der Waals surface area contributed by atoms with Gasteiger partial charge in [-0.25, -0.2) is 0 Å². The van der Waals surface area contributed by atoms with Crippen molar-refractivity contribution < 1.29 is 4.79 Å². The molecule has 2 saturated heterocycles. The van der Waals surface area contributed by atoms with Gasteiger partial charge in [-0.1, -0.05) is 30.3 Å². The number of amides is 1. The van der Waals surface area contributed by atoms with Gasteiger partial charge in [-0.3, -0.25) is 14.4 Å². The van der Waals surface area contributed by atoms with Gasteiger partial charge in [0.2, 0.25) is 5.91 Å². The predicted octanol–water partition coefficient (Wildman–Crippen LogP) is 3.08. The molecule has 0 radical (unpaired) electrons. The number of nitrogens with zero attached hydrogens (tertiary/aromatic N) is 4. The van der Waals surface area contributed by atoms with Crippen LogP contribution in [0, 0.1) is 11.8 Å². The average molecular weight is 381 g/mol. The van der Waals surface area contributed by atoms with Gasteiger partial charge in [0.1, 0.15) is 0 Å². The highest BCUT2D eigenvalue weighted by Crippen LogP contribution is 2.23. The first-order chi connectivity index (χ1) is 13.8. The zero-order chi connectivity index (χ0) is 19.2. The molecule has 0 atom stereocenters. The summed E-state index contributed by atoms with van der Waals surface area (Å²) in [7, 11) is 0. The van der Waals surface area contributed by atoms with Gasteiger partial charge >= 0.3 is 0 Å². The van der Waals surface area contributed by atoms with E-state index < -0.39 is 0 Å². The summed E-state index contributed by atoms with van der Waals surface area (Å²) in [5.41, 5.74) is 1.42. The quantitative estimate of drug-likeness (QED) is 0.773. The van der Waals surface area contributed by atoms with E-state index in [9.17, 15) is 4.79 Å². The Kier molecular flexibility index (Phi) is 6.42. The molecule has 5 heteroatoms. The lowest BCUT2D eigenvalue weighted by atomic mass is 9.90. The highest BCUT2D eigenvalue weighted by molar-refractivity contribution is 5.78. The zero-order valence-corrected chi connectivity index (χ0v) is 16.7. The molecule has 2 aromatic rings. The van der Waals surface area contributed by atoms with Gasteiger partial charge in [-0.2, -0.15) is 5.10 Å². The highest BCUT2D eigenvalue weighted by Gasteiger charge is 2.26. The van der Waals surface area contributed by atoms with Crippen LogP contribution in [0.25, 0.3) is 0 Å². The SMILES string of the molecule is O=C(CN1CCC(Cn2cccn2)CC1)N1CCC(Cc2ccccc2)CC1. The van der Waals surface area contributed by atoms with E-state index in [-0.39, 0.29) is 0 Å². The number of rotatable bonds is 6. The first-order valence-corrected chi connectivity index (χ1v) is 10.8. The summed E-state index contributed by atoms with van der Waals surface area (Å²) in [6, 6.07) is 12.7. The maximum atomic E-state index is 12.7. The standard InChI is InChI=1S/C23H32N4O/c28-23(19-25-13-7-22(8-14-25)18-27-12-4-11-24-27)26-15-9-21(10-16-26)17-20-5-2-1-3-6-20/h1-6,11-12,21-22H,7-10,13-19H2. The van der Waals surface area contributed by atoms with Crippen LogP contribution >= 0.6 is 0 Å². The van der Waals surface area contributed by atoms with Gasteiger partial charge in [-0.15, -0.1) is 0 Å². The van der Waals surface area contributed by atoms with E-state index in [2.05, 4.69) is 45.2 Å². The van der Waals surface area contributed by atoms with E-state index in [1.165, 1.54) is 5.56 Å². The fraction of sp³-hybridized carbons (Fsp3) is 0.565. The lowest BCUT2D eigenvalue weighted by Gasteiger charge is -2.36. The van der Waals surface area contributed by atoms with Crippen molar-refractivity contribution in [1.29, 1.82) is 0 Å². The maximum Gasteiger partial charge on any atom is 0.236 e. The van der Waals surface area contributed by atoms with Crippen LogP contribution in [0.1, 0.15) is 31.2 Å². The first kappa shape index (κ1) is 19.2.